The summed E-state index contributed by atoms with van der Waals surface area (Å²) in [6.07, 6.45) is 11.1. The highest BCUT2D eigenvalue weighted by molar-refractivity contribution is 5.97. The van der Waals surface area contributed by atoms with Gasteiger partial charge in [-0.2, -0.15) is 0 Å². The molecular weight excluding hydrogens is 250 g/mol. The van der Waals surface area contributed by atoms with Gasteiger partial charge in [-0.15, -0.1) is 0 Å². The van der Waals surface area contributed by atoms with Crippen molar-refractivity contribution in [2.75, 3.05) is 0 Å². The van der Waals surface area contributed by atoms with Crippen molar-refractivity contribution in [2.45, 2.75) is 44.6 Å². The molecule has 5 rings (SSSR count). The van der Waals surface area contributed by atoms with Crippen LogP contribution in [0.2, 0.25) is 0 Å². The van der Waals surface area contributed by atoms with Crippen molar-refractivity contribution in [3.8, 4) is 0 Å². The number of carbonyl (C=O) groups excluding carboxylic acids is 1. The van der Waals surface area contributed by atoms with Gasteiger partial charge in [0.05, 0.1) is 6.04 Å². The summed E-state index contributed by atoms with van der Waals surface area (Å²) in [5.41, 5.74) is 6.54. The molecule has 4 aliphatic rings. The van der Waals surface area contributed by atoms with Crippen LogP contribution in [-0.2, 0) is 7.05 Å². The van der Waals surface area contributed by atoms with Crippen molar-refractivity contribution < 1.29 is 4.79 Å². The number of Topliss-reactive ketones (excluding diaryl/α,β-unsaturated/α-hetero) is 1. The van der Waals surface area contributed by atoms with Crippen molar-refractivity contribution in [1.82, 2.24) is 9.55 Å². The van der Waals surface area contributed by atoms with E-state index < -0.39 is 0 Å². The first-order valence-corrected chi connectivity index (χ1v) is 7.84. The first-order chi connectivity index (χ1) is 9.57. The van der Waals surface area contributed by atoms with Gasteiger partial charge in [-0.1, -0.05) is 0 Å². The first-order valence-electron chi connectivity index (χ1n) is 7.84. The standard InChI is InChI=1S/C16H23N3O/c1-19-3-2-18-15(19)13(20)14(17)16-7-10-4-11(8-16)6-12(5-10)9-16/h2-3,10-12,14H,4-9,17H2,1H3. The van der Waals surface area contributed by atoms with Crippen molar-refractivity contribution >= 4 is 5.78 Å². The van der Waals surface area contributed by atoms with Crippen LogP contribution < -0.4 is 5.73 Å². The summed E-state index contributed by atoms with van der Waals surface area (Å²) in [5, 5.41) is 0. The number of aromatic nitrogens is 2. The van der Waals surface area contributed by atoms with E-state index in [4.69, 9.17) is 5.73 Å². The minimum absolute atomic E-state index is 0.0412. The van der Waals surface area contributed by atoms with Gasteiger partial charge in [-0.05, 0) is 61.7 Å². The molecule has 1 aromatic rings. The molecule has 4 aliphatic carbocycles. The van der Waals surface area contributed by atoms with E-state index in [0.717, 1.165) is 37.0 Å². The Bertz CT molecular complexity index is 512. The minimum Gasteiger partial charge on any atom is -0.332 e. The molecule has 0 aromatic carbocycles. The zero-order chi connectivity index (χ0) is 13.9. The zero-order valence-electron chi connectivity index (χ0n) is 12.1. The minimum atomic E-state index is -0.364. The summed E-state index contributed by atoms with van der Waals surface area (Å²) in [4.78, 5) is 16.9. The molecule has 1 aromatic heterocycles. The summed E-state index contributed by atoms with van der Waals surface area (Å²) in [7, 11) is 1.87. The Labute approximate surface area is 119 Å². The van der Waals surface area contributed by atoms with Crippen LogP contribution in [0.15, 0.2) is 12.4 Å². The van der Waals surface area contributed by atoms with Crippen LogP contribution in [0.4, 0.5) is 0 Å². The zero-order valence-corrected chi connectivity index (χ0v) is 12.1. The fourth-order valence-corrected chi connectivity index (χ4v) is 5.58. The summed E-state index contributed by atoms with van der Waals surface area (Å²) >= 11 is 0. The second-order valence-corrected chi connectivity index (χ2v) is 7.48. The second-order valence-electron chi connectivity index (χ2n) is 7.48. The van der Waals surface area contributed by atoms with E-state index in [9.17, 15) is 4.79 Å². The van der Waals surface area contributed by atoms with Crippen molar-refractivity contribution in [2.24, 2.45) is 36.0 Å². The van der Waals surface area contributed by atoms with E-state index >= 15 is 0 Å². The Morgan fingerprint density at radius 1 is 1.30 bits per heavy atom. The third-order valence-electron chi connectivity index (χ3n) is 6.07. The number of hydrogen-bond donors (Lipinski definition) is 1. The summed E-state index contributed by atoms with van der Waals surface area (Å²) in [6.45, 7) is 0. The maximum absolute atomic E-state index is 12.7. The summed E-state index contributed by atoms with van der Waals surface area (Å²) in [5.74, 6) is 3.03. The second kappa shape index (κ2) is 4.17. The van der Waals surface area contributed by atoms with Crippen LogP contribution in [0.3, 0.4) is 0 Å². The number of rotatable bonds is 3. The molecule has 1 unspecified atom stereocenters. The van der Waals surface area contributed by atoms with E-state index in [0.29, 0.717) is 5.82 Å². The van der Waals surface area contributed by atoms with Gasteiger partial charge in [-0.25, -0.2) is 4.98 Å². The van der Waals surface area contributed by atoms with Crippen molar-refractivity contribution in [3.05, 3.63) is 18.2 Å². The average molecular weight is 273 g/mol. The molecular formula is C16H23N3O. The van der Waals surface area contributed by atoms with Gasteiger partial charge in [0.2, 0.25) is 5.78 Å². The largest absolute Gasteiger partial charge is 0.332 e. The number of carbonyl (C=O) groups is 1. The fraction of sp³-hybridized carbons (Fsp3) is 0.750. The molecule has 4 nitrogen and oxygen atoms in total. The highest BCUT2D eigenvalue weighted by Gasteiger charge is 2.55. The average Bonchev–Trinajstić information content (AvgIpc) is 2.81. The van der Waals surface area contributed by atoms with Crippen LogP contribution in [-0.4, -0.2) is 21.4 Å². The number of nitrogens with two attached hydrogens (primary N) is 1. The Hall–Kier alpha value is -1.16. The van der Waals surface area contributed by atoms with Crippen molar-refractivity contribution in [3.63, 3.8) is 0 Å². The predicted molar refractivity (Wildman–Crippen MR) is 76.1 cm³/mol. The molecule has 4 saturated carbocycles. The Morgan fingerprint density at radius 2 is 1.85 bits per heavy atom. The Morgan fingerprint density at radius 3 is 2.30 bits per heavy atom. The monoisotopic (exact) mass is 273 g/mol. The van der Waals surface area contributed by atoms with Crippen LogP contribution >= 0.6 is 0 Å². The third kappa shape index (κ3) is 1.70. The van der Waals surface area contributed by atoms with Gasteiger partial charge in [0.15, 0.2) is 5.82 Å². The Balaban J connectivity index is 1.64. The molecule has 2 N–H and O–H groups in total. The highest BCUT2D eigenvalue weighted by Crippen LogP contribution is 2.61. The van der Waals surface area contributed by atoms with Crippen molar-refractivity contribution in [1.29, 1.82) is 0 Å². The third-order valence-corrected chi connectivity index (χ3v) is 6.07. The van der Waals surface area contributed by atoms with E-state index in [1.807, 2.05) is 13.2 Å². The molecule has 20 heavy (non-hydrogen) atoms. The van der Waals surface area contributed by atoms with Gasteiger partial charge in [0.1, 0.15) is 0 Å². The number of nitrogens with zero attached hydrogens (tertiary/aromatic N) is 2. The van der Waals surface area contributed by atoms with Gasteiger partial charge in [0.25, 0.3) is 0 Å². The number of ketones is 1. The number of hydrogen-bond acceptors (Lipinski definition) is 3. The molecule has 1 atom stereocenters. The SMILES string of the molecule is Cn1ccnc1C(=O)C(N)C12CC3CC(CC(C3)C1)C2. The van der Waals surface area contributed by atoms with Gasteiger partial charge in [-0.3, -0.25) is 4.79 Å². The lowest BCUT2D eigenvalue weighted by Crippen LogP contribution is -2.57. The van der Waals surface area contributed by atoms with Crippen LogP contribution in [0.5, 0.6) is 0 Å². The molecule has 4 heteroatoms. The van der Waals surface area contributed by atoms with Crippen LogP contribution in [0.25, 0.3) is 0 Å². The quantitative estimate of drug-likeness (QED) is 0.858. The highest BCUT2D eigenvalue weighted by atomic mass is 16.1. The summed E-state index contributed by atoms with van der Waals surface area (Å²) in [6, 6.07) is -0.364. The van der Waals surface area contributed by atoms with Gasteiger partial charge < -0.3 is 10.3 Å². The lowest BCUT2D eigenvalue weighted by Gasteiger charge is -2.58. The molecule has 4 bridgehead atoms. The van der Waals surface area contributed by atoms with Gasteiger partial charge in [0, 0.05) is 19.4 Å². The molecule has 0 radical (unpaired) electrons. The van der Waals surface area contributed by atoms with Gasteiger partial charge >= 0.3 is 0 Å². The molecule has 0 amide bonds. The smallest absolute Gasteiger partial charge is 0.215 e. The molecule has 0 spiro atoms. The predicted octanol–water partition coefficient (Wildman–Crippen LogP) is 2.15. The summed E-state index contributed by atoms with van der Waals surface area (Å²) < 4.78 is 1.79. The molecule has 4 fully saturated rings. The maximum Gasteiger partial charge on any atom is 0.215 e. The lowest BCUT2D eigenvalue weighted by molar-refractivity contribution is -0.0611. The van der Waals surface area contributed by atoms with E-state index in [2.05, 4.69) is 4.98 Å². The van der Waals surface area contributed by atoms with E-state index in [1.54, 1.807) is 10.8 Å². The fourth-order valence-electron chi connectivity index (χ4n) is 5.58. The maximum atomic E-state index is 12.7. The molecule has 0 saturated heterocycles. The molecule has 1 heterocycles. The van der Waals surface area contributed by atoms with E-state index in [1.165, 1.54) is 19.3 Å². The molecule has 108 valence electrons. The van der Waals surface area contributed by atoms with E-state index in [-0.39, 0.29) is 17.2 Å². The topological polar surface area (TPSA) is 60.9 Å². The first kappa shape index (κ1) is 12.6. The molecule has 0 aliphatic heterocycles. The van der Waals surface area contributed by atoms with Crippen LogP contribution in [0.1, 0.15) is 49.1 Å². The number of imidazole rings is 1. The Kier molecular flexibility index (Phi) is 2.62. The number of aryl methyl sites for hydroxylation is 1. The normalized spacial score (nSPS) is 40.0. The van der Waals surface area contributed by atoms with Crippen LogP contribution in [0, 0.1) is 23.2 Å². The lowest BCUT2D eigenvalue weighted by atomic mass is 9.47.